The van der Waals surface area contributed by atoms with Crippen LogP contribution in [-0.2, 0) is 11.3 Å². The minimum Gasteiger partial charge on any atom is -0.326 e. The number of hydrogen-bond acceptors (Lipinski definition) is 1. The lowest BCUT2D eigenvalue weighted by molar-refractivity contribution is -0.697. The lowest BCUT2D eigenvalue weighted by Gasteiger charge is -2.08. The number of nitrogens with zero attached hydrogens (tertiary/aromatic N) is 1. The summed E-state index contributed by atoms with van der Waals surface area (Å²) in [6, 6.07) is 11.5. The molecular weight excluding hydrogens is 284 g/mol. The normalized spacial score (nSPS) is 10.4. The molecule has 2 aromatic rings. The number of aryl methyl sites for hydroxylation is 2. The molecule has 4 heteroatoms. The molecule has 1 aromatic heterocycles. The van der Waals surface area contributed by atoms with Gasteiger partial charge in [-0.1, -0.05) is 17.7 Å². The fourth-order valence-corrected chi connectivity index (χ4v) is 2.37. The van der Waals surface area contributed by atoms with Crippen molar-refractivity contribution >= 4 is 23.2 Å². The second kappa shape index (κ2) is 7.79. The van der Waals surface area contributed by atoms with Gasteiger partial charge in [-0.25, -0.2) is 4.57 Å². The van der Waals surface area contributed by atoms with Gasteiger partial charge in [-0.05, 0) is 37.1 Å². The van der Waals surface area contributed by atoms with Gasteiger partial charge in [-0.2, -0.15) is 0 Å². The number of carbonyl (C=O) groups excluding carboxylic acids is 1. The van der Waals surface area contributed by atoms with Gasteiger partial charge in [-0.15, -0.1) is 0 Å². The number of aromatic nitrogens is 1. The van der Waals surface area contributed by atoms with E-state index in [1.807, 2.05) is 49.6 Å². The zero-order valence-electron chi connectivity index (χ0n) is 12.2. The quantitative estimate of drug-likeness (QED) is 0.640. The summed E-state index contributed by atoms with van der Waals surface area (Å²) >= 11 is 5.90. The predicted molar refractivity (Wildman–Crippen MR) is 85.3 cm³/mol. The van der Waals surface area contributed by atoms with Crippen LogP contribution in [0.4, 0.5) is 5.69 Å². The summed E-state index contributed by atoms with van der Waals surface area (Å²) in [4.78, 5) is 11.9. The molecule has 21 heavy (non-hydrogen) atoms. The number of hydrogen-bond donors (Lipinski definition) is 1. The molecule has 0 fully saturated rings. The van der Waals surface area contributed by atoms with E-state index in [0.717, 1.165) is 30.6 Å². The van der Waals surface area contributed by atoms with Crippen LogP contribution < -0.4 is 9.88 Å². The van der Waals surface area contributed by atoms with Gasteiger partial charge in [0.25, 0.3) is 0 Å². The summed E-state index contributed by atoms with van der Waals surface area (Å²) < 4.78 is 2.13. The van der Waals surface area contributed by atoms with Crippen molar-refractivity contribution in [2.24, 2.45) is 0 Å². The lowest BCUT2D eigenvalue weighted by atomic mass is 10.2. The van der Waals surface area contributed by atoms with Crippen LogP contribution in [0.25, 0.3) is 0 Å². The molecular formula is C17H20ClN2O+. The molecule has 1 aromatic carbocycles. The van der Waals surface area contributed by atoms with Crippen LogP contribution in [0.5, 0.6) is 0 Å². The molecule has 0 atom stereocenters. The molecule has 0 aliphatic rings. The van der Waals surface area contributed by atoms with E-state index in [2.05, 4.69) is 9.88 Å². The molecule has 1 amide bonds. The highest BCUT2D eigenvalue weighted by Crippen LogP contribution is 2.19. The number of pyridine rings is 1. The van der Waals surface area contributed by atoms with Gasteiger partial charge in [0.1, 0.15) is 6.54 Å². The Morgan fingerprint density at radius 1 is 1.19 bits per heavy atom. The van der Waals surface area contributed by atoms with Crippen LogP contribution in [0.15, 0.2) is 48.8 Å². The molecule has 1 heterocycles. The van der Waals surface area contributed by atoms with E-state index in [1.54, 1.807) is 6.07 Å². The van der Waals surface area contributed by atoms with Gasteiger partial charge < -0.3 is 5.32 Å². The van der Waals surface area contributed by atoms with Gasteiger partial charge in [-0.3, -0.25) is 4.79 Å². The minimum absolute atomic E-state index is 0.0542. The SMILES string of the molecule is Cc1cc(Cl)ccc1NC(=O)CCCC[n+]1ccccc1. The maximum Gasteiger partial charge on any atom is 0.224 e. The first kappa shape index (κ1) is 15.5. The Morgan fingerprint density at radius 3 is 2.67 bits per heavy atom. The van der Waals surface area contributed by atoms with E-state index in [-0.39, 0.29) is 5.91 Å². The number of carbonyl (C=O) groups is 1. The fraction of sp³-hybridized carbons (Fsp3) is 0.294. The maximum absolute atomic E-state index is 11.9. The third-order valence-electron chi connectivity index (χ3n) is 3.31. The zero-order chi connectivity index (χ0) is 15.1. The number of nitrogens with one attached hydrogen (secondary N) is 1. The smallest absolute Gasteiger partial charge is 0.224 e. The summed E-state index contributed by atoms with van der Waals surface area (Å²) in [5.74, 6) is 0.0542. The Hall–Kier alpha value is -1.87. The van der Waals surface area contributed by atoms with E-state index in [1.165, 1.54) is 0 Å². The van der Waals surface area contributed by atoms with E-state index in [0.29, 0.717) is 11.4 Å². The molecule has 110 valence electrons. The third-order valence-corrected chi connectivity index (χ3v) is 3.55. The molecule has 0 aliphatic carbocycles. The van der Waals surface area contributed by atoms with Crippen LogP contribution in [-0.4, -0.2) is 5.91 Å². The van der Waals surface area contributed by atoms with Crippen molar-refractivity contribution in [3.05, 3.63) is 59.4 Å². The second-order valence-corrected chi connectivity index (χ2v) is 5.51. The number of anilines is 1. The van der Waals surface area contributed by atoms with Crippen molar-refractivity contribution in [3.8, 4) is 0 Å². The summed E-state index contributed by atoms with van der Waals surface area (Å²) in [6.45, 7) is 2.88. The van der Waals surface area contributed by atoms with Crippen molar-refractivity contribution < 1.29 is 9.36 Å². The molecule has 3 nitrogen and oxygen atoms in total. The summed E-state index contributed by atoms with van der Waals surface area (Å²) in [6.07, 6.45) is 6.48. The van der Waals surface area contributed by atoms with Crippen LogP contribution in [0, 0.1) is 6.92 Å². The Labute approximate surface area is 130 Å². The standard InChI is InChI=1S/C17H19ClN2O/c1-14-13-15(18)8-9-16(14)19-17(21)7-3-6-12-20-10-4-2-5-11-20/h2,4-5,8-11,13H,3,6-7,12H2,1H3/p+1. The van der Waals surface area contributed by atoms with Gasteiger partial charge in [0.2, 0.25) is 5.91 Å². The Bertz CT molecular complexity index is 599. The molecule has 0 radical (unpaired) electrons. The van der Waals surface area contributed by atoms with Gasteiger partial charge >= 0.3 is 0 Å². The predicted octanol–water partition coefficient (Wildman–Crippen LogP) is 3.74. The maximum atomic E-state index is 11.9. The lowest BCUT2D eigenvalue weighted by Crippen LogP contribution is -2.32. The van der Waals surface area contributed by atoms with Crippen molar-refractivity contribution in [2.45, 2.75) is 32.7 Å². The van der Waals surface area contributed by atoms with Gasteiger partial charge in [0.05, 0.1) is 0 Å². The number of halogens is 1. The number of benzene rings is 1. The van der Waals surface area contributed by atoms with E-state index in [9.17, 15) is 4.79 Å². The highest BCUT2D eigenvalue weighted by atomic mass is 35.5. The van der Waals surface area contributed by atoms with Gasteiger partial charge in [0.15, 0.2) is 12.4 Å². The molecule has 0 bridgehead atoms. The molecule has 0 spiro atoms. The van der Waals surface area contributed by atoms with Crippen LogP contribution in [0.1, 0.15) is 24.8 Å². The highest BCUT2D eigenvalue weighted by Gasteiger charge is 2.06. The van der Waals surface area contributed by atoms with Crippen molar-refractivity contribution in [1.29, 1.82) is 0 Å². The van der Waals surface area contributed by atoms with Crippen molar-refractivity contribution in [3.63, 3.8) is 0 Å². The first-order chi connectivity index (χ1) is 10.1. The summed E-state index contributed by atoms with van der Waals surface area (Å²) in [5, 5.41) is 3.62. The highest BCUT2D eigenvalue weighted by molar-refractivity contribution is 6.30. The van der Waals surface area contributed by atoms with E-state index >= 15 is 0 Å². The first-order valence-electron chi connectivity index (χ1n) is 7.15. The molecule has 0 saturated heterocycles. The molecule has 0 unspecified atom stereocenters. The van der Waals surface area contributed by atoms with Crippen LogP contribution >= 0.6 is 11.6 Å². The topological polar surface area (TPSA) is 33.0 Å². The number of amides is 1. The average Bonchev–Trinajstić information content (AvgIpc) is 2.48. The Balaban J connectivity index is 1.72. The van der Waals surface area contributed by atoms with E-state index in [4.69, 9.17) is 11.6 Å². The monoisotopic (exact) mass is 303 g/mol. The molecule has 0 aliphatic heterocycles. The van der Waals surface area contributed by atoms with E-state index < -0.39 is 0 Å². The molecule has 2 rings (SSSR count). The zero-order valence-corrected chi connectivity index (χ0v) is 12.9. The fourth-order valence-electron chi connectivity index (χ4n) is 2.14. The number of unbranched alkanes of at least 4 members (excludes halogenated alkanes) is 1. The minimum atomic E-state index is 0.0542. The van der Waals surface area contributed by atoms with Crippen LogP contribution in [0.3, 0.4) is 0 Å². The largest absolute Gasteiger partial charge is 0.326 e. The van der Waals surface area contributed by atoms with Gasteiger partial charge in [0, 0.05) is 35.7 Å². The summed E-state index contributed by atoms with van der Waals surface area (Å²) in [7, 11) is 0. The van der Waals surface area contributed by atoms with Crippen molar-refractivity contribution in [2.75, 3.05) is 5.32 Å². The Morgan fingerprint density at radius 2 is 1.95 bits per heavy atom. The Kier molecular flexibility index (Phi) is 5.76. The summed E-state index contributed by atoms with van der Waals surface area (Å²) in [5.41, 5.74) is 1.82. The average molecular weight is 304 g/mol. The number of rotatable bonds is 6. The van der Waals surface area contributed by atoms with Crippen LogP contribution in [0.2, 0.25) is 5.02 Å². The van der Waals surface area contributed by atoms with Crippen molar-refractivity contribution in [1.82, 2.24) is 0 Å². The molecule has 1 N–H and O–H groups in total. The first-order valence-corrected chi connectivity index (χ1v) is 7.53. The molecule has 0 saturated carbocycles. The third kappa shape index (κ3) is 5.20. The second-order valence-electron chi connectivity index (χ2n) is 5.08.